The second-order valence-corrected chi connectivity index (χ2v) is 4.96. The molecule has 0 atom stereocenters. The van der Waals surface area contributed by atoms with Gasteiger partial charge in [0.1, 0.15) is 5.82 Å². The Balaban J connectivity index is 2.29. The van der Waals surface area contributed by atoms with Crippen molar-refractivity contribution in [1.29, 1.82) is 0 Å². The summed E-state index contributed by atoms with van der Waals surface area (Å²) in [7, 11) is 0. The Morgan fingerprint density at radius 2 is 1.95 bits per heavy atom. The van der Waals surface area contributed by atoms with Gasteiger partial charge in [0.05, 0.1) is 16.9 Å². The second-order valence-electron chi connectivity index (χ2n) is 4.08. The van der Waals surface area contributed by atoms with Crippen molar-refractivity contribution in [3.63, 3.8) is 0 Å². The Hall–Kier alpha value is -2.21. The minimum atomic E-state index is -1.34. The number of rotatable bonds is 4. The molecule has 0 aliphatic rings. The molecule has 0 unspecified atom stereocenters. The van der Waals surface area contributed by atoms with E-state index in [1.807, 2.05) is 30.5 Å². The first kappa shape index (κ1) is 14.2. The van der Waals surface area contributed by atoms with Crippen molar-refractivity contribution in [3.05, 3.63) is 47.8 Å². The van der Waals surface area contributed by atoms with E-state index in [2.05, 4.69) is 5.32 Å². The summed E-state index contributed by atoms with van der Waals surface area (Å²) < 4.78 is 13.6. The molecule has 4 N–H and O–H groups in total. The van der Waals surface area contributed by atoms with Gasteiger partial charge in [-0.15, -0.1) is 11.8 Å². The number of carboxylic acid groups (broad SMARTS) is 1. The molecule has 0 saturated carbocycles. The van der Waals surface area contributed by atoms with E-state index in [4.69, 9.17) is 10.8 Å². The predicted molar refractivity (Wildman–Crippen MR) is 79.3 cm³/mol. The van der Waals surface area contributed by atoms with Gasteiger partial charge in [0, 0.05) is 16.6 Å². The van der Waals surface area contributed by atoms with Crippen molar-refractivity contribution in [3.8, 4) is 0 Å². The van der Waals surface area contributed by atoms with Crippen LogP contribution < -0.4 is 11.1 Å². The summed E-state index contributed by atoms with van der Waals surface area (Å²) in [5.74, 6) is -2.17. The zero-order valence-electron chi connectivity index (χ0n) is 10.7. The average Bonchev–Trinajstić information content (AvgIpc) is 2.43. The van der Waals surface area contributed by atoms with Crippen LogP contribution in [0.3, 0.4) is 0 Å². The van der Waals surface area contributed by atoms with E-state index < -0.39 is 17.3 Å². The fourth-order valence-corrected chi connectivity index (χ4v) is 2.10. The molecule has 0 aliphatic carbocycles. The summed E-state index contributed by atoms with van der Waals surface area (Å²) in [5.41, 5.74) is 6.56. The van der Waals surface area contributed by atoms with Gasteiger partial charge in [-0.1, -0.05) is 0 Å². The molecule has 0 amide bonds. The number of carboxylic acids is 1. The third kappa shape index (κ3) is 3.03. The summed E-state index contributed by atoms with van der Waals surface area (Å²) in [4.78, 5) is 11.9. The molecule has 2 rings (SSSR count). The highest BCUT2D eigenvalue weighted by Gasteiger charge is 2.13. The molecule has 2 aromatic rings. The highest BCUT2D eigenvalue weighted by atomic mass is 32.2. The van der Waals surface area contributed by atoms with E-state index in [1.54, 1.807) is 11.8 Å². The van der Waals surface area contributed by atoms with Gasteiger partial charge >= 0.3 is 5.97 Å². The van der Waals surface area contributed by atoms with Crippen molar-refractivity contribution in [2.45, 2.75) is 4.90 Å². The molecule has 0 spiro atoms. The fraction of sp³-hybridized carbons (Fsp3) is 0.0714. The number of anilines is 3. The first-order valence-corrected chi connectivity index (χ1v) is 6.97. The Morgan fingerprint density at radius 3 is 2.50 bits per heavy atom. The van der Waals surface area contributed by atoms with Crippen LogP contribution in [0.1, 0.15) is 10.4 Å². The summed E-state index contributed by atoms with van der Waals surface area (Å²) in [6.45, 7) is 0. The number of thioether (sulfide) groups is 1. The van der Waals surface area contributed by atoms with Crippen molar-refractivity contribution in [1.82, 2.24) is 0 Å². The van der Waals surface area contributed by atoms with Gasteiger partial charge in [0.15, 0.2) is 0 Å². The molecule has 0 aliphatic heterocycles. The average molecular weight is 292 g/mol. The van der Waals surface area contributed by atoms with E-state index in [0.29, 0.717) is 5.69 Å². The van der Waals surface area contributed by atoms with Crippen LogP contribution in [0, 0.1) is 5.82 Å². The molecule has 4 nitrogen and oxygen atoms in total. The molecule has 0 aromatic heterocycles. The van der Waals surface area contributed by atoms with Gasteiger partial charge in [-0.05, 0) is 36.6 Å². The lowest BCUT2D eigenvalue weighted by Gasteiger charge is -2.11. The highest BCUT2D eigenvalue weighted by Crippen LogP contribution is 2.27. The van der Waals surface area contributed by atoms with Crippen LogP contribution in [0.15, 0.2) is 41.3 Å². The van der Waals surface area contributed by atoms with Crippen LogP contribution in [0.2, 0.25) is 0 Å². The number of hydrogen-bond acceptors (Lipinski definition) is 4. The molecule has 0 fully saturated rings. The van der Waals surface area contributed by atoms with Crippen LogP contribution in [-0.4, -0.2) is 17.3 Å². The Morgan fingerprint density at radius 1 is 1.30 bits per heavy atom. The standard InChI is InChI=1S/C14H13FN2O2S/c1-20-9-4-2-8(3-5-9)17-13-7-11(15)10(14(18)19)6-12(13)16/h2-7,17H,16H2,1H3,(H,18,19). The monoisotopic (exact) mass is 292 g/mol. The summed E-state index contributed by atoms with van der Waals surface area (Å²) in [6.07, 6.45) is 1.97. The van der Waals surface area contributed by atoms with Crippen molar-refractivity contribution >= 4 is 34.8 Å². The number of benzene rings is 2. The molecular weight excluding hydrogens is 279 g/mol. The molecule has 0 saturated heterocycles. The quantitative estimate of drug-likeness (QED) is 0.593. The van der Waals surface area contributed by atoms with Crippen LogP contribution in [-0.2, 0) is 0 Å². The Labute approximate surface area is 119 Å². The highest BCUT2D eigenvalue weighted by molar-refractivity contribution is 7.98. The number of nitrogens with one attached hydrogen (secondary N) is 1. The number of nitrogen functional groups attached to an aromatic ring is 1. The summed E-state index contributed by atoms with van der Waals surface area (Å²) in [5, 5.41) is 11.8. The molecular formula is C14H13FN2O2S. The van der Waals surface area contributed by atoms with Gasteiger partial charge < -0.3 is 16.2 Å². The summed E-state index contributed by atoms with van der Waals surface area (Å²) >= 11 is 1.62. The predicted octanol–water partition coefficient (Wildman–Crippen LogP) is 3.57. The molecule has 0 bridgehead atoms. The second kappa shape index (κ2) is 5.83. The van der Waals surface area contributed by atoms with Gasteiger partial charge in [-0.2, -0.15) is 0 Å². The lowest BCUT2D eigenvalue weighted by atomic mass is 10.1. The number of hydrogen-bond donors (Lipinski definition) is 3. The van der Waals surface area contributed by atoms with Crippen LogP contribution >= 0.6 is 11.8 Å². The SMILES string of the molecule is CSc1ccc(Nc2cc(F)c(C(=O)O)cc2N)cc1. The lowest BCUT2D eigenvalue weighted by molar-refractivity contribution is 0.0692. The molecule has 2 aromatic carbocycles. The smallest absolute Gasteiger partial charge is 0.338 e. The minimum Gasteiger partial charge on any atom is -0.478 e. The van der Waals surface area contributed by atoms with E-state index in [9.17, 15) is 9.18 Å². The van der Waals surface area contributed by atoms with E-state index in [0.717, 1.165) is 22.7 Å². The number of aromatic carboxylic acids is 1. The summed E-state index contributed by atoms with van der Waals surface area (Å²) in [6, 6.07) is 9.72. The normalized spacial score (nSPS) is 10.3. The van der Waals surface area contributed by atoms with Crippen molar-refractivity contribution in [2.75, 3.05) is 17.3 Å². The topological polar surface area (TPSA) is 75.3 Å². The number of halogens is 1. The number of nitrogens with two attached hydrogens (primary N) is 1. The molecule has 0 heterocycles. The lowest BCUT2D eigenvalue weighted by Crippen LogP contribution is -2.05. The molecule has 20 heavy (non-hydrogen) atoms. The van der Waals surface area contributed by atoms with Crippen LogP contribution in [0.5, 0.6) is 0 Å². The van der Waals surface area contributed by atoms with E-state index in [-0.39, 0.29) is 5.69 Å². The maximum atomic E-state index is 13.6. The van der Waals surface area contributed by atoms with Gasteiger partial charge in [0.25, 0.3) is 0 Å². The zero-order valence-corrected chi connectivity index (χ0v) is 11.5. The first-order chi connectivity index (χ1) is 9.51. The van der Waals surface area contributed by atoms with Crippen LogP contribution in [0.4, 0.5) is 21.5 Å². The number of carbonyl (C=O) groups is 1. The first-order valence-electron chi connectivity index (χ1n) is 5.74. The van der Waals surface area contributed by atoms with Crippen molar-refractivity contribution in [2.24, 2.45) is 0 Å². The van der Waals surface area contributed by atoms with Gasteiger partial charge in [-0.3, -0.25) is 0 Å². The fourth-order valence-electron chi connectivity index (χ4n) is 1.69. The van der Waals surface area contributed by atoms with E-state index >= 15 is 0 Å². The largest absolute Gasteiger partial charge is 0.478 e. The maximum Gasteiger partial charge on any atom is 0.338 e. The Kier molecular flexibility index (Phi) is 4.14. The Bertz CT molecular complexity index is 644. The zero-order chi connectivity index (χ0) is 14.7. The third-order valence-electron chi connectivity index (χ3n) is 2.74. The molecule has 0 radical (unpaired) electrons. The minimum absolute atomic E-state index is 0.178. The van der Waals surface area contributed by atoms with E-state index in [1.165, 1.54) is 0 Å². The van der Waals surface area contributed by atoms with Crippen LogP contribution in [0.25, 0.3) is 0 Å². The molecule has 104 valence electrons. The van der Waals surface area contributed by atoms with Crippen molar-refractivity contribution < 1.29 is 14.3 Å². The maximum absolute atomic E-state index is 13.6. The molecule has 6 heteroatoms. The third-order valence-corrected chi connectivity index (χ3v) is 3.48. The van der Waals surface area contributed by atoms with Gasteiger partial charge in [-0.25, -0.2) is 9.18 Å². The van der Waals surface area contributed by atoms with Gasteiger partial charge in [0.2, 0.25) is 0 Å².